The molecule has 1 aliphatic heterocycles. The molecule has 1 saturated heterocycles. The third-order valence-corrected chi connectivity index (χ3v) is 4.98. The number of benzene rings is 1. The summed E-state index contributed by atoms with van der Waals surface area (Å²) in [6, 6.07) is 11.0. The van der Waals surface area contributed by atoms with E-state index in [1.807, 2.05) is 6.07 Å². The quantitative estimate of drug-likeness (QED) is 0.543. The lowest BCUT2D eigenvalue weighted by Gasteiger charge is -2.23. The molecule has 5 nitrogen and oxygen atoms in total. The number of nitrogens with zero attached hydrogens (tertiary/aromatic N) is 3. The maximum atomic E-state index is 5.94. The molecule has 0 spiro atoms. The number of ether oxygens (including phenoxy) is 1. The van der Waals surface area contributed by atoms with E-state index >= 15 is 0 Å². The zero-order chi connectivity index (χ0) is 18.8. The number of hydrogen-bond donors (Lipinski definition) is 1. The van der Waals surface area contributed by atoms with Gasteiger partial charge in [0.2, 0.25) is 0 Å². The Balaban J connectivity index is 1.76. The second kappa shape index (κ2) is 11.2. The number of guanidine groups is 1. The maximum absolute atomic E-state index is 5.94. The van der Waals surface area contributed by atoms with Crippen LogP contribution in [0.25, 0.3) is 0 Å². The van der Waals surface area contributed by atoms with Gasteiger partial charge in [0.25, 0.3) is 0 Å². The van der Waals surface area contributed by atoms with Crippen molar-refractivity contribution >= 4 is 5.96 Å². The second-order valence-electron chi connectivity index (χ2n) is 7.41. The monoisotopic (exact) mass is 360 g/mol. The normalized spacial score (nSPS) is 18.2. The standard InChI is InChI=1S/C21H36N4O/c1-5-22-21(23-12-14-24(4)18(2)3)25-13-11-20(15-25)17-26-16-19-9-7-6-8-10-19/h6-10,18,20H,5,11-17H2,1-4H3,(H,22,23). The Labute approximate surface area is 159 Å². The van der Waals surface area contributed by atoms with Gasteiger partial charge in [0.05, 0.1) is 19.8 Å². The second-order valence-corrected chi connectivity index (χ2v) is 7.41. The maximum Gasteiger partial charge on any atom is 0.193 e. The van der Waals surface area contributed by atoms with Gasteiger partial charge >= 0.3 is 0 Å². The summed E-state index contributed by atoms with van der Waals surface area (Å²) in [5.41, 5.74) is 1.24. The molecule has 5 heteroatoms. The van der Waals surface area contributed by atoms with E-state index in [0.717, 1.165) is 45.3 Å². The Morgan fingerprint density at radius 3 is 2.81 bits per heavy atom. The fourth-order valence-electron chi connectivity index (χ4n) is 3.08. The van der Waals surface area contributed by atoms with Gasteiger partial charge in [-0.15, -0.1) is 0 Å². The van der Waals surface area contributed by atoms with E-state index in [9.17, 15) is 0 Å². The molecule has 1 fully saturated rings. The molecule has 0 aliphatic carbocycles. The predicted molar refractivity (Wildman–Crippen MR) is 110 cm³/mol. The first-order chi connectivity index (χ1) is 12.6. The van der Waals surface area contributed by atoms with Crippen molar-refractivity contribution in [3.63, 3.8) is 0 Å². The molecule has 0 bridgehead atoms. The lowest BCUT2D eigenvalue weighted by atomic mass is 10.1. The Morgan fingerprint density at radius 1 is 1.35 bits per heavy atom. The highest BCUT2D eigenvalue weighted by Gasteiger charge is 2.25. The summed E-state index contributed by atoms with van der Waals surface area (Å²) in [5.74, 6) is 1.64. The number of rotatable bonds is 9. The van der Waals surface area contributed by atoms with Crippen LogP contribution in [0.3, 0.4) is 0 Å². The molecule has 1 heterocycles. The molecule has 0 radical (unpaired) electrons. The van der Waals surface area contributed by atoms with Crippen LogP contribution in [0.4, 0.5) is 0 Å². The molecule has 1 N–H and O–H groups in total. The van der Waals surface area contributed by atoms with E-state index in [1.54, 1.807) is 0 Å². The molecule has 1 aromatic rings. The fraction of sp³-hybridized carbons (Fsp3) is 0.667. The van der Waals surface area contributed by atoms with Gasteiger partial charge in [0.1, 0.15) is 0 Å². The van der Waals surface area contributed by atoms with Crippen molar-refractivity contribution in [1.29, 1.82) is 0 Å². The highest BCUT2D eigenvalue weighted by atomic mass is 16.5. The van der Waals surface area contributed by atoms with E-state index in [0.29, 0.717) is 18.6 Å². The van der Waals surface area contributed by atoms with Crippen LogP contribution in [0.15, 0.2) is 35.3 Å². The largest absolute Gasteiger partial charge is 0.376 e. The van der Waals surface area contributed by atoms with Crippen molar-refractivity contribution < 1.29 is 4.74 Å². The van der Waals surface area contributed by atoms with Crippen molar-refractivity contribution in [2.75, 3.05) is 46.4 Å². The van der Waals surface area contributed by atoms with Crippen LogP contribution in [-0.4, -0.2) is 68.2 Å². The summed E-state index contributed by atoms with van der Waals surface area (Å²) in [4.78, 5) is 9.54. The van der Waals surface area contributed by atoms with Crippen molar-refractivity contribution in [2.24, 2.45) is 10.9 Å². The summed E-state index contributed by atoms with van der Waals surface area (Å²) in [6.45, 7) is 12.9. The van der Waals surface area contributed by atoms with E-state index in [-0.39, 0.29) is 0 Å². The molecule has 2 rings (SSSR count). The Kier molecular flexibility index (Phi) is 8.92. The minimum atomic E-state index is 0.561. The van der Waals surface area contributed by atoms with Crippen LogP contribution < -0.4 is 5.32 Å². The molecule has 0 amide bonds. The first kappa shape index (κ1) is 20.7. The minimum Gasteiger partial charge on any atom is -0.376 e. The first-order valence-corrected chi connectivity index (χ1v) is 9.95. The lowest BCUT2D eigenvalue weighted by Crippen LogP contribution is -2.41. The average Bonchev–Trinajstić information content (AvgIpc) is 3.10. The zero-order valence-electron chi connectivity index (χ0n) is 16.9. The highest BCUT2D eigenvalue weighted by Crippen LogP contribution is 2.17. The third-order valence-electron chi connectivity index (χ3n) is 4.98. The van der Waals surface area contributed by atoms with E-state index in [1.165, 1.54) is 12.0 Å². The Bertz CT molecular complexity index is 532. The van der Waals surface area contributed by atoms with Crippen LogP contribution in [0, 0.1) is 5.92 Å². The molecule has 1 aromatic carbocycles. The molecule has 0 saturated carbocycles. The highest BCUT2D eigenvalue weighted by molar-refractivity contribution is 5.80. The van der Waals surface area contributed by atoms with Crippen LogP contribution in [0.2, 0.25) is 0 Å². The van der Waals surface area contributed by atoms with Crippen molar-refractivity contribution in [3.8, 4) is 0 Å². The van der Waals surface area contributed by atoms with E-state index in [2.05, 4.69) is 67.2 Å². The molecule has 26 heavy (non-hydrogen) atoms. The van der Waals surface area contributed by atoms with Gasteiger partial charge in [-0.25, -0.2) is 0 Å². The van der Waals surface area contributed by atoms with Gasteiger partial charge in [0.15, 0.2) is 5.96 Å². The van der Waals surface area contributed by atoms with Crippen molar-refractivity contribution in [1.82, 2.24) is 15.1 Å². The van der Waals surface area contributed by atoms with E-state index < -0.39 is 0 Å². The van der Waals surface area contributed by atoms with Crippen LogP contribution in [0.1, 0.15) is 32.8 Å². The zero-order valence-corrected chi connectivity index (χ0v) is 16.9. The minimum absolute atomic E-state index is 0.561. The Morgan fingerprint density at radius 2 is 2.12 bits per heavy atom. The summed E-state index contributed by atoms with van der Waals surface area (Å²) in [7, 11) is 2.16. The molecule has 1 aliphatic rings. The van der Waals surface area contributed by atoms with Crippen LogP contribution in [0.5, 0.6) is 0 Å². The number of aliphatic imine (C=N–C) groups is 1. The number of likely N-dealkylation sites (tertiary alicyclic amines) is 1. The lowest BCUT2D eigenvalue weighted by molar-refractivity contribution is 0.0906. The van der Waals surface area contributed by atoms with Gasteiger partial charge in [-0.3, -0.25) is 4.99 Å². The van der Waals surface area contributed by atoms with Gasteiger partial charge in [-0.05, 0) is 39.8 Å². The summed E-state index contributed by atoms with van der Waals surface area (Å²) >= 11 is 0. The molecule has 1 atom stereocenters. The van der Waals surface area contributed by atoms with Gasteiger partial charge in [-0.1, -0.05) is 30.3 Å². The van der Waals surface area contributed by atoms with Crippen LogP contribution in [-0.2, 0) is 11.3 Å². The summed E-state index contributed by atoms with van der Waals surface area (Å²) in [5, 5.41) is 3.45. The predicted octanol–water partition coefficient (Wildman–Crippen LogP) is 2.83. The SMILES string of the molecule is CCNC(=NCCN(C)C(C)C)N1CCC(COCc2ccccc2)C1. The average molecular weight is 361 g/mol. The number of nitrogens with one attached hydrogen (secondary N) is 1. The van der Waals surface area contributed by atoms with Gasteiger partial charge in [-0.2, -0.15) is 0 Å². The number of likely N-dealkylation sites (N-methyl/N-ethyl adjacent to an activating group) is 1. The summed E-state index contributed by atoms with van der Waals surface area (Å²) < 4.78 is 5.94. The molecule has 146 valence electrons. The van der Waals surface area contributed by atoms with E-state index in [4.69, 9.17) is 9.73 Å². The molecule has 0 aromatic heterocycles. The third kappa shape index (κ3) is 6.96. The first-order valence-electron chi connectivity index (χ1n) is 9.95. The molecular weight excluding hydrogens is 324 g/mol. The number of hydrogen-bond acceptors (Lipinski definition) is 3. The fourth-order valence-corrected chi connectivity index (χ4v) is 3.08. The smallest absolute Gasteiger partial charge is 0.193 e. The van der Waals surface area contributed by atoms with Crippen molar-refractivity contribution in [3.05, 3.63) is 35.9 Å². The Hall–Kier alpha value is -1.59. The molecule has 1 unspecified atom stereocenters. The van der Waals surface area contributed by atoms with Gasteiger partial charge in [0, 0.05) is 38.1 Å². The topological polar surface area (TPSA) is 40.1 Å². The van der Waals surface area contributed by atoms with Crippen LogP contribution >= 0.6 is 0 Å². The summed E-state index contributed by atoms with van der Waals surface area (Å²) in [6.07, 6.45) is 1.17. The van der Waals surface area contributed by atoms with Gasteiger partial charge < -0.3 is 19.9 Å². The van der Waals surface area contributed by atoms with Crippen molar-refractivity contribution in [2.45, 2.75) is 39.8 Å². The molecular formula is C21H36N4O.